The highest BCUT2D eigenvalue weighted by Crippen LogP contribution is 2.16. The van der Waals surface area contributed by atoms with Crippen molar-refractivity contribution in [2.75, 3.05) is 32.7 Å². The van der Waals surface area contributed by atoms with Gasteiger partial charge in [0.15, 0.2) is 0 Å². The van der Waals surface area contributed by atoms with Crippen LogP contribution in [0.15, 0.2) is 30.3 Å². The van der Waals surface area contributed by atoms with Gasteiger partial charge >= 0.3 is 6.03 Å². The average Bonchev–Trinajstić information content (AvgIpc) is 2.71. The zero-order chi connectivity index (χ0) is 19.6. The zero-order valence-corrected chi connectivity index (χ0v) is 16.2. The number of rotatable bonds is 7. The number of likely N-dealkylation sites (tertiary alicyclic amines) is 1. The largest absolute Gasteiger partial charge is 0.356 e. The van der Waals surface area contributed by atoms with Crippen LogP contribution in [0.4, 0.5) is 4.79 Å². The van der Waals surface area contributed by atoms with Crippen LogP contribution in [-0.2, 0) is 16.1 Å². The van der Waals surface area contributed by atoms with E-state index in [4.69, 9.17) is 0 Å². The Labute approximate surface area is 161 Å². The molecule has 7 heteroatoms. The lowest BCUT2D eigenvalue weighted by Crippen LogP contribution is -2.50. The monoisotopic (exact) mass is 374 g/mol. The topological polar surface area (TPSA) is 81.8 Å². The molecule has 7 nitrogen and oxygen atoms in total. The van der Waals surface area contributed by atoms with Crippen molar-refractivity contribution in [1.82, 2.24) is 20.4 Å². The molecular formula is C20H30N4O3. The van der Waals surface area contributed by atoms with Gasteiger partial charge in [-0.2, -0.15) is 0 Å². The van der Waals surface area contributed by atoms with Gasteiger partial charge in [-0.25, -0.2) is 4.79 Å². The molecule has 0 radical (unpaired) electrons. The molecule has 0 aromatic heterocycles. The van der Waals surface area contributed by atoms with Crippen molar-refractivity contribution in [2.24, 2.45) is 5.92 Å². The molecule has 2 rings (SSSR count). The fourth-order valence-corrected chi connectivity index (χ4v) is 3.25. The smallest absolute Gasteiger partial charge is 0.317 e. The van der Waals surface area contributed by atoms with Crippen molar-refractivity contribution in [1.29, 1.82) is 0 Å². The summed E-state index contributed by atoms with van der Waals surface area (Å²) in [5, 5.41) is 5.52. The number of hydrogen-bond donors (Lipinski definition) is 2. The molecule has 0 bridgehead atoms. The Balaban J connectivity index is 1.82. The second kappa shape index (κ2) is 10.5. The van der Waals surface area contributed by atoms with Gasteiger partial charge in [0.1, 0.15) is 0 Å². The van der Waals surface area contributed by atoms with Crippen molar-refractivity contribution >= 4 is 17.8 Å². The molecule has 1 heterocycles. The van der Waals surface area contributed by atoms with Crippen LogP contribution in [0.1, 0.15) is 32.3 Å². The minimum atomic E-state index is -0.284. The maximum absolute atomic E-state index is 12.5. The molecule has 1 unspecified atom stereocenters. The van der Waals surface area contributed by atoms with Gasteiger partial charge in [-0.05, 0) is 32.3 Å². The standard InChI is InChI=1S/C20H30N4O3/c1-3-21-19(26)17-11-8-12-24(15-17)20(27)22-13-18(25)23(4-2)14-16-9-6-5-7-10-16/h5-7,9-10,17H,3-4,8,11-15H2,1-2H3,(H,21,26)(H,22,27). The Morgan fingerprint density at radius 2 is 1.89 bits per heavy atom. The Morgan fingerprint density at radius 1 is 1.15 bits per heavy atom. The van der Waals surface area contributed by atoms with Crippen LogP contribution in [-0.4, -0.2) is 60.4 Å². The van der Waals surface area contributed by atoms with Crippen LogP contribution in [0.2, 0.25) is 0 Å². The van der Waals surface area contributed by atoms with Gasteiger partial charge in [0, 0.05) is 32.7 Å². The van der Waals surface area contributed by atoms with E-state index in [1.165, 1.54) is 0 Å². The molecule has 1 aliphatic rings. The SMILES string of the molecule is CCNC(=O)C1CCCN(C(=O)NCC(=O)N(CC)Cc2ccccc2)C1. The Bertz CT molecular complexity index is 635. The summed E-state index contributed by atoms with van der Waals surface area (Å²) in [6.45, 7) is 6.45. The van der Waals surface area contributed by atoms with Crippen molar-refractivity contribution in [3.05, 3.63) is 35.9 Å². The molecule has 1 aromatic rings. The fourth-order valence-electron chi connectivity index (χ4n) is 3.25. The summed E-state index contributed by atoms with van der Waals surface area (Å²) in [6, 6.07) is 9.49. The van der Waals surface area contributed by atoms with Gasteiger partial charge in [0.25, 0.3) is 0 Å². The highest BCUT2D eigenvalue weighted by molar-refractivity contribution is 5.85. The molecule has 1 saturated heterocycles. The highest BCUT2D eigenvalue weighted by Gasteiger charge is 2.28. The lowest BCUT2D eigenvalue weighted by atomic mass is 9.97. The number of benzene rings is 1. The fraction of sp³-hybridized carbons (Fsp3) is 0.550. The maximum Gasteiger partial charge on any atom is 0.317 e. The van der Waals surface area contributed by atoms with Crippen LogP contribution in [0.3, 0.4) is 0 Å². The van der Waals surface area contributed by atoms with Crippen molar-refractivity contribution in [3.8, 4) is 0 Å². The Morgan fingerprint density at radius 3 is 2.56 bits per heavy atom. The molecule has 1 aliphatic heterocycles. The molecule has 0 spiro atoms. The summed E-state index contributed by atoms with van der Waals surface area (Å²) in [7, 11) is 0. The normalized spacial score (nSPS) is 16.5. The maximum atomic E-state index is 12.5. The number of nitrogens with zero attached hydrogens (tertiary/aromatic N) is 2. The van der Waals surface area contributed by atoms with Crippen molar-refractivity contribution in [2.45, 2.75) is 33.2 Å². The molecule has 0 saturated carbocycles. The van der Waals surface area contributed by atoms with E-state index in [9.17, 15) is 14.4 Å². The van der Waals surface area contributed by atoms with Gasteiger partial charge < -0.3 is 20.4 Å². The lowest BCUT2D eigenvalue weighted by molar-refractivity contribution is -0.130. The summed E-state index contributed by atoms with van der Waals surface area (Å²) in [5.41, 5.74) is 1.06. The molecule has 2 N–H and O–H groups in total. The van der Waals surface area contributed by atoms with Crippen molar-refractivity contribution < 1.29 is 14.4 Å². The third kappa shape index (κ3) is 6.27. The van der Waals surface area contributed by atoms with E-state index in [-0.39, 0.29) is 30.3 Å². The molecule has 1 atom stereocenters. The molecule has 148 valence electrons. The zero-order valence-electron chi connectivity index (χ0n) is 16.2. The minimum absolute atomic E-state index is 0.00824. The molecular weight excluding hydrogens is 344 g/mol. The predicted octanol–water partition coefficient (Wildman–Crippen LogP) is 1.59. The number of likely N-dealkylation sites (N-methyl/N-ethyl adjacent to an activating group) is 1. The first-order valence-corrected chi connectivity index (χ1v) is 9.67. The third-order valence-corrected chi connectivity index (χ3v) is 4.77. The number of hydrogen-bond acceptors (Lipinski definition) is 3. The lowest BCUT2D eigenvalue weighted by Gasteiger charge is -2.32. The molecule has 1 aromatic carbocycles. The first kappa shape index (κ1) is 20.7. The van der Waals surface area contributed by atoms with E-state index in [1.54, 1.807) is 9.80 Å². The molecule has 4 amide bonds. The van der Waals surface area contributed by atoms with E-state index in [1.807, 2.05) is 44.2 Å². The van der Waals surface area contributed by atoms with E-state index in [0.29, 0.717) is 32.7 Å². The Hall–Kier alpha value is -2.57. The van der Waals surface area contributed by atoms with Gasteiger partial charge in [-0.3, -0.25) is 9.59 Å². The Kier molecular flexibility index (Phi) is 8.10. The van der Waals surface area contributed by atoms with Gasteiger partial charge in [-0.15, -0.1) is 0 Å². The van der Waals surface area contributed by atoms with Crippen LogP contribution in [0.5, 0.6) is 0 Å². The van der Waals surface area contributed by atoms with E-state index in [2.05, 4.69) is 10.6 Å². The van der Waals surface area contributed by atoms with Gasteiger partial charge in [0.2, 0.25) is 11.8 Å². The van der Waals surface area contributed by atoms with Crippen LogP contribution < -0.4 is 10.6 Å². The number of carbonyl (C=O) groups excluding carboxylic acids is 3. The second-order valence-corrected chi connectivity index (χ2v) is 6.73. The number of carbonyl (C=O) groups is 3. The third-order valence-electron chi connectivity index (χ3n) is 4.77. The number of urea groups is 1. The first-order valence-electron chi connectivity index (χ1n) is 9.67. The number of nitrogens with one attached hydrogen (secondary N) is 2. The molecule has 1 fully saturated rings. The van der Waals surface area contributed by atoms with Crippen LogP contribution in [0.25, 0.3) is 0 Å². The first-order chi connectivity index (χ1) is 13.0. The number of amides is 4. The minimum Gasteiger partial charge on any atom is -0.356 e. The average molecular weight is 374 g/mol. The van der Waals surface area contributed by atoms with Crippen molar-refractivity contribution in [3.63, 3.8) is 0 Å². The molecule has 27 heavy (non-hydrogen) atoms. The van der Waals surface area contributed by atoms with E-state index < -0.39 is 0 Å². The summed E-state index contributed by atoms with van der Waals surface area (Å²) in [5.74, 6) is -0.302. The predicted molar refractivity (Wildman–Crippen MR) is 104 cm³/mol. The van der Waals surface area contributed by atoms with E-state index in [0.717, 1.165) is 18.4 Å². The summed E-state index contributed by atoms with van der Waals surface area (Å²) in [4.78, 5) is 40.2. The second-order valence-electron chi connectivity index (χ2n) is 6.73. The van der Waals surface area contributed by atoms with Gasteiger partial charge in [-0.1, -0.05) is 30.3 Å². The van der Waals surface area contributed by atoms with E-state index >= 15 is 0 Å². The number of piperidine rings is 1. The molecule has 0 aliphatic carbocycles. The van der Waals surface area contributed by atoms with Crippen LogP contribution >= 0.6 is 0 Å². The summed E-state index contributed by atoms with van der Waals surface area (Å²) in [6.07, 6.45) is 1.58. The highest BCUT2D eigenvalue weighted by atomic mass is 16.2. The van der Waals surface area contributed by atoms with Gasteiger partial charge in [0.05, 0.1) is 12.5 Å². The van der Waals surface area contributed by atoms with Crippen LogP contribution in [0, 0.1) is 5.92 Å². The quantitative estimate of drug-likeness (QED) is 0.760. The summed E-state index contributed by atoms with van der Waals surface area (Å²) < 4.78 is 0. The summed E-state index contributed by atoms with van der Waals surface area (Å²) >= 11 is 0.